The van der Waals surface area contributed by atoms with Gasteiger partial charge in [0.15, 0.2) is 11.6 Å². The van der Waals surface area contributed by atoms with Gasteiger partial charge in [-0.1, -0.05) is 29.8 Å². The highest BCUT2D eigenvalue weighted by Gasteiger charge is 2.24. The molecule has 0 heterocycles. The molecule has 0 aliphatic carbocycles. The van der Waals surface area contributed by atoms with Crippen molar-refractivity contribution in [1.82, 2.24) is 0 Å². The molecule has 0 saturated heterocycles. The summed E-state index contributed by atoms with van der Waals surface area (Å²) in [6.45, 7) is 4.93. The van der Waals surface area contributed by atoms with Crippen LogP contribution in [-0.2, 0) is 4.74 Å². The molecule has 25 heavy (non-hydrogen) atoms. The first-order valence-electron chi connectivity index (χ1n) is 7.42. The van der Waals surface area contributed by atoms with Crippen molar-refractivity contribution in [3.05, 3.63) is 58.9 Å². The average molecular weight is 366 g/mol. The fraction of sp³-hybridized carbons (Fsp3) is 0.222. The molecule has 2 rings (SSSR count). The van der Waals surface area contributed by atoms with Gasteiger partial charge in [-0.2, -0.15) is 0 Å². The number of hydrogen-bond donors (Lipinski definition) is 1. The molecule has 132 valence electrons. The van der Waals surface area contributed by atoms with Crippen molar-refractivity contribution in [2.24, 2.45) is 0 Å². The van der Waals surface area contributed by atoms with Gasteiger partial charge in [0, 0.05) is 5.69 Å². The van der Waals surface area contributed by atoms with E-state index in [-0.39, 0.29) is 5.02 Å². The number of hydrogen-bond acceptors (Lipinski definition) is 4. The van der Waals surface area contributed by atoms with Crippen LogP contribution in [0.3, 0.4) is 0 Å². The van der Waals surface area contributed by atoms with Crippen LogP contribution in [0.2, 0.25) is 5.02 Å². The zero-order valence-electron chi connectivity index (χ0n) is 13.9. The number of nitrogens with one attached hydrogen (secondary N) is 1. The fourth-order valence-corrected chi connectivity index (χ4v) is 2.13. The predicted molar refractivity (Wildman–Crippen MR) is 92.7 cm³/mol. The lowest BCUT2D eigenvalue weighted by molar-refractivity contribution is 0.0197. The van der Waals surface area contributed by atoms with Crippen LogP contribution in [0, 0.1) is 5.82 Å². The minimum absolute atomic E-state index is 0.109. The Balaban J connectivity index is 2.24. The van der Waals surface area contributed by atoms with Crippen molar-refractivity contribution in [3.63, 3.8) is 0 Å². The van der Waals surface area contributed by atoms with Crippen LogP contribution in [0.15, 0.2) is 42.5 Å². The maximum Gasteiger partial charge on any atom is 0.514 e. The lowest BCUT2D eigenvalue weighted by Crippen LogP contribution is -2.26. The van der Waals surface area contributed by atoms with Crippen LogP contribution in [0.5, 0.6) is 5.75 Å². The summed E-state index contributed by atoms with van der Waals surface area (Å²) in [5.74, 6) is -2.26. The van der Waals surface area contributed by atoms with Gasteiger partial charge in [0.25, 0.3) is 5.91 Å². The summed E-state index contributed by atoms with van der Waals surface area (Å²) in [6.07, 6.45) is -1.08. The Morgan fingerprint density at radius 3 is 2.32 bits per heavy atom. The van der Waals surface area contributed by atoms with Gasteiger partial charge in [-0.25, -0.2) is 9.18 Å². The lowest BCUT2D eigenvalue weighted by Gasteiger charge is -2.19. The Kier molecular flexibility index (Phi) is 5.64. The SMILES string of the molecule is CC(C)(C)OC(=O)Oc1ccc(Cl)c(C(=O)Nc2ccccc2)c1F. The number of carbonyl (C=O) groups is 2. The molecule has 2 aromatic carbocycles. The van der Waals surface area contributed by atoms with E-state index in [1.54, 1.807) is 51.1 Å². The van der Waals surface area contributed by atoms with Gasteiger partial charge < -0.3 is 14.8 Å². The number of amides is 1. The van der Waals surface area contributed by atoms with Crippen molar-refractivity contribution < 1.29 is 23.5 Å². The van der Waals surface area contributed by atoms with Gasteiger partial charge in [0.1, 0.15) is 5.60 Å². The summed E-state index contributed by atoms with van der Waals surface area (Å²) < 4.78 is 24.4. The first kappa shape index (κ1) is 18.7. The number of halogens is 2. The molecule has 1 N–H and O–H groups in total. The van der Waals surface area contributed by atoms with Crippen LogP contribution in [0.25, 0.3) is 0 Å². The highest BCUT2D eigenvalue weighted by molar-refractivity contribution is 6.34. The van der Waals surface area contributed by atoms with Gasteiger partial charge in [0.2, 0.25) is 0 Å². The van der Waals surface area contributed by atoms with E-state index in [2.05, 4.69) is 5.32 Å². The first-order valence-corrected chi connectivity index (χ1v) is 7.80. The molecule has 1 amide bonds. The van der Waals surface area contributed by atoms with Crippen LogP contribution in [0.4, 0.5) is 14.9 Å². The molecular formula is C18H17ClFNO4. The van der Waals surface area contributed by atoms with Crippen molar-refractivity contribution >= 4 is 29.4 Å². The number of benzene rings is 2. The maximum atomic E-state index is 14.6. The Hall–Kier alpha value is -2.60. The van der Waals surface area contributed by atoms with E-state index in [4.69, 9.17) is 21.1 Å². The third-order valence-electron chi connectivity index (χ3n) is 2.90. The minimum atomic E-state index is -1.08. The highest BCUT2D eigenvalue weighted by atomic mass is 35.5. The molecule has 7 heteroatoms. The molecule has 0 saturated carbocycles. The number of anilines is 1. The van der Waals surface area contributed by atoms with E-state index in [0.29, 0.717) is 5.69 Å². The van der Waals surface area contributed by atoms with Crippen molar-refractivity contribution in [2.45, 2.75) is 26.4 Å². The number of carbonyl (C=O) groups excluding carboxylic acids is 2. The summed E-state index contributed by atoms with van der Waals surface area (Å²) in [6, 6.07) is 10.9. The second-order valence-electron chi connectivity index (χ2n) is 6.12. The zero-order valence-corrected chi connectivity index (χ0v) is 14.7. The fourth-order valence-electron chi connectivity index (χ4n) is 1.90. The summed E-state index contributed by atoms with van der Waals surface area (Å²) in [4.78, 5) is 24.0. The molecule has 0 unspecified atom stereocenters. The normalized spacial score (nSPS) is 10.9. The third kappa shape index (κ3) is 5.19. The molecule has 0 spiro atoms. The van der Waals surface area contributed by atoms with E-state index in [1.807, 2.05) is 0 Å². The highest BCUT2D eigenvalue weighted by Crippen LogP contribution is 2.28. The third-order valence-corrected chi connectivity index (χ3v) is 3.21. The van der Waals surface area contributed by atoms with Crippen LogP contribution in [0.1, 0.15) is 31.1 Å². The summed E-state index contributed by atoms with van der Waals surface area (Å²) in [5, 5.41) is 2.41. The molecule has 0 radical (unpaired) electrons. The summed E-state index contributed by atoms with van der Waals surface area (Å²) in [5.41, 5.74) is -0.749. The van der Waals surface area contributed by atoms with Crippen molar-refractivity contribution in [2.75, 3.05) is 5.32 Å². The first-order chi connectivity index (χ1) is 11.7. The van der Waals surface area contributed by atoms with E-state index in [9.17, 15) is 14.0 Å². The molecule has 0 bridgehead atoms. The molecule has 0 fully saturated rings. The van der Waals surface area contributed by atoms with Crippen LogP contribution < -0.4 is 10.1 Å². The second-order valence-corrected chi connectivity index (χ2v) is 6.53. The quantitative estimate of drug-likeness (QED) is 0.611. The molecule has 0 aromatic heterocycles. The molecular weight excluding hydrogens is 349 g/mol. The predicted octanol–water partition coefficient (Wildman–Crippen LogP) is 5.05. The van der Waals surface area contributed by atoms with Gasteiger partial charge >= 0.3 is 6.16 Å². The van der Waals surface area contributed by atoms with E-state index < -0.39 is 34.8 Å². The van der Waals surface area contributed by atoms with Gasteiger partial charge in [-0.15, -0.1) is 0 Å². The molecule has 0 atom stereocenters. The topological polar surface area (TPSA) is 64.6 Å². The van der Waals surface area contributed by atoms with Crippen LogP contribution in [-0.4, -0.2) is 17.7 Å². The average Bonchev–Trinajstić information content (AvgIpc) is 2.49. The van der Waals surface area contributed by atoms with E-state index >= 15 is 0 Å². The van der Waals surface area contributed by atoms with Gasteiger partial charge in [-0.3, -0.25) is 4.79 Å². The Morgan fingerprint density at radius 2 is 1.72 bits per heavy atom. The largest absolute Gasteiger partial charge is 0.514 e. The standard InChI is InChI=1S/C18H17ClFNO4/c1-18(2,3)25-17(23)24-13-10-9-12(19)14(15(13)20)16(22)21-11-7-5-4-6-8-11/h4-10H,1-3H3,(H,21,22). The molecule has 5 nitrogen and oxygen atoms in total. The number of rotatable bonds is 3. The van der Waals surface area contributed by atoms with E-state index in [1.165, 1.54) is 6.07 Å². The Morgan fingerprint density at radius 1 is 1.08 bits per heavy atom. The second kappa shape index (κ2) is 7.53. The smallest absolute Gasteiger partial charge is 0.428 e. The van der Waals surface area contributed by atoms with Crippen molar-refractivity contribution in [1.29, 1.82) is 0 Å². The number of para-hydroxylation sites is 1. The molecule has 2 aromatic rings. The lowest BCUT2D eigenvalue weighted by atomic mass is 10.1. The maximum absolute atomic E-state index is 14.6. The number of ether oxygens (including phenoxy) is 2. The van der Waals surface area contributed by atoms with Gasteiger partial charge in [0.05, 0.1) is 10.6 Å². The molecule has 0 aliphatic heterocycles. The van der Waals surface area contributed by atoms with Gasteiger partial charge in [-0.05, 0) is 45.0 Å². The minimum Gasteiger partial charge on any atom is -0.428 e. The molecule has 0 aliphatic rings. The summed E-state index contributed by atoms with van der Waals surface area (Å²) in [7, 11) is 0. The summed E-state index contributed by atoms with van der Waals surface area (Å²) >= 11 is 5.93. The van der Waals surface area contributed by atoms with Crippen LogP contribution >= 0.6 is 11.6 Å². The Bertz CT molecular complexity index is 788. The van der Waals surface area contributed by atoms with E-state index in [0.717, 1.165) is 6.07 Å². The van der Waals surface area contributed by atoms with Crippen molar-refractivity contribution in [3.8, 4) is 5.75 Å². The monoisotopic (exact) mass is 365 g/mol. The zero-order chi connectivity index (χ0) is 18.6. The Labute approximate surface area is 149 Å².